The second-order valence-corrected chi connectivity index (χ2v) is 5.88. The Morgan fingerprint density at radius 1 is 1.20 bits per heavy atom. The SMILES string of the molecule is CC(C)CC(CN(C)C)NC(C)C1CC1. The van der Waals surface area contributed by atoms with Gasteiger partial charge in [0.2, 0.25) is 0 Å². The van der Waals surface area contributed by atoms with Gasteiger partial charge in [0.05, 0.1) is 0 Å². The third-order valence-corrected chi connectivity index (χ3v) is 3.17. The van der Waals surface area contributed by atoms with Gasteiger partial charge in [-0.2, -0.15) is 0 Å². The van der Waals surface area contributed by atoms with Crippen molar-refractivity contribution in [2.45, 2.75) is 52.1 Å². The average molecular weight is 212 g/mol. The quantitative estimate of drug-likeness (QED) is 0.697. The first-order valence-electron chi connectivity index (χ1n) is 6.39. The number of nitrogens with one attached hydrogen (secondary N) is 1. The summed E-state index contributed by atoms with van der Waals surface area (Å²) in [6.07, 6.45) is 4.16. The highest BCUT2D eigenvalue weighted by Gasteiger charge is 2.29. The first-order valence-corrected chi connectivity index (χ1v) is 6.39. The summed E-state index contributed by atoms with van der Waals surface area (Å²) in [5, 5.41) is 3.80. The molecule has 15 heavy (non-hydrogen) atoms. The maximum Gasteiger partial charge on any atom is 0.0199 e. The molecule has 0 aromatic heterocycles. The van der Waals surface area contributed by atoms with Crippen LogP contribution in [-0.4, -0.2) is 37.6 Å². The van der Waals surface area contributed by atoms with E-state index in [1.165, 1.54) is 19.3 Å². The predicted octanol–water partition coefficient (Wildman–Crippen LogP) is 2.35. The molecule has 1 aliphatic rings. The van der Waals surface area contributed by atoms with Gasteiger partial charge in [-0.15, -0.1) is 0 Å². The lowest BCUT2D eigenvalue weighted by Crippen LogP contribution is -2.44. The van der Waals surface area contributed by atoms with Crippen molar-refractivity contribution < 1.29 is 0 Å². The maximum absolute atomic E-state index is 3.80. The van der Waals surface area contributed by atoms with Gasteiger partial charge in [-0.3, -0.25) is 0 Å². The zero-order valence-electron chi connectivity index (χ0n) is 11.1. The van der Waals surface area contributed by atoms with E-state index in [0.717, 1.165) is 18.4 Å². The van der Waals surface area contributed by atoms with Gasteiger partial charge in [-0.05, 0) is 52.1 Å². The van der Waals surface area contributed by atoms with Gasteiger partial charge in [-0.1, -0.05) is 13.8 Å². The van der Waals surface area contributed by atoms with E-state index >= 15 is 0 Å². The first kappa shape index (κ1) is 13.0. The van der Waals surface area contributed by atoms with E-state index < -0.39 is 0 Å². The topological polar surface area (TPSA) is 15.3 Å². The monoisotopic (exact) mass is 212 g/mol. The lowest BCUT2D eigenvalue weighted by molar-refractivity contribution is 0.282. The Kier molecular flexibility index (Phi) is 5.07. The van der Waals surface area contributed by atoms with Gasteiger partial charge in [0.25, 0.3) is 0 Å². The van der Waals surface area contributed by atoms with Crippen LogP contribution >= 0.6 is 0 Å². The Hall–Kier alpha value is -0.0800. The van der Waals surface area contributed by atoms with Crippen LogP contribution in [0.4, 0.5) is 0 Å². The number of hydrogen-bond acceptors (Lipinski definition) is 2. The molecule has 1 aliphatic carbocycles. The van der Waals surface area contributed by atoms with E-state index in [1.807, 2.05) is 0 Å². The molecule has 1 saturated carbocycles. The van der Waals surface area contributed by atoms with Crippen LogP contribution in [0.5, 0.6) is 0 Å². The minimum atomic E-state index is 0.663. The molecule has 0 aromatic carbocycles. The molecule has 0 spiro atoms. The van der Waals surface area contributed by atoms with Crippen molar-refractivity contribution in [3.63, 3.8) is 0 Å². The van der Waals surface area contributed by atoms with Crippen LogP contribution in [0.15, 0.2) is 0 Å². The zero-order valence-corrected chi connectivity index (χ0v) is 11.1. The molecule has 2 nitrogen and oxygen atoms in total. The van der Waals surface area contributed by atoms with E-state index in [9.17, 15) is 0 Å². The van der Waals surface area contributed by atoms with Gasteiger partial charge in [0, 0.05) is 18.6 Å². The molecule has 2 atom stereocenters. The average Bonchev–Trinajstić information content (AvgIpc) is 2.81. The Bertz CT molecular complexity index is 163. The summed E-state index contributed by atoms with van der Waals surface area (Å²) >= 11 is 0. The van der Waals surface area contributed by atoms with Gasteiger partial charge in [0.15, 0.2) is 0 Å². The summed E-state index contributed by atoms with van der Waals surface area (Å²) in [6, 6.07) is 1.38. The van der Waals surface area contributed by atoms with Crippen LogP contribution in [0, 0.1) is 11.8 Å². The lowest BCUT2D eigenvalue weighted by atomic mass is 10.0. The molecule has 1 fully saturated rings. The van der Waals surface area contributed by atoms with Crippen LogP contribution in [-0.2, 0) is 0 Å². The third kappa shape index (κ3) is 5.53. The van der Waals surface area contributed by atoms with Crippen LogP contribution < -0.4 is 5.32 Å². The van der Waals surface area contributed by atoms with Gasteiger partial charge in [-0.25, -0.2) is 0 Å². The molecule has 0 aromatic rings. The number of nitrogens with zero attached hydrogens (tertiary/aromatic N) is 1. The van der Waals surface area contributed by atoms with E-state index in [1.54, 1.807) is 0 Å². The minimum Gasteiger partial charge on any atom is -0.310 e. The molecule has 2 heteroatoms. The smallest absolute Gasteiger partial charge is 0.0199 e. The van der Waals surface area contributed by atoms with E-state index in [2.05, 4.69) is 45.1 Å². The number of rotatable bonds is 7. The summed E-state index contributed by atoms with van der Waals surface area (Å²) in [7, 11) is 4.33. The standard InChI is InChI=1S/C13H28N2/c1-10(2)8-13(9-15(4)5)14-11(3)12-6-7-12/h10-14H,6-9H2,1-5H3. The van der Waals surface area contributed by atoms with E-state index in [4.69, 9.17) is 0 Å². The lowest BCUT2D eigenvalue weighted by Gasteiger charge is -2.27. The summed E-state index contributed by atoms with van der Waals surface area (Å²) in [4.78, 5) is 2.29. The molecule has 0 amide bonds. The predicted molar refractivity (Wildman–Crippen MR) is 67.1 cm³/mol. The second-order valence-electron chi connectivity index (χ2n) is 5.88. The Morgan fingerprint density at radius 2 is 1.80 bits per heavy atom. The second kappa shape index (κ2) is 5.86. The van der Waals surface area contributed by atoms with Crippen molar-refractivity contribution >= 4 is 0 Å². The molecule has 0 saturated heterocycles. The molecule has 0 aliphatic heterocycles. The van der Waals surface area contributed by atoms with Crippen LogP contribution in [0.3, 0.4) is 0 Å². The Morgan fingerprint density at radius 3 is 2.20 bits per heavy atom. The molecular formula is C13H28N2. The molecule has 90 valence electrons. The highest BCUT2D eigenvalue weighted by atomic mass is 15.1. The fraction of sp³-hybridized carbons (Fsp3) is 1.00. The van der Waals surface area contributed by atoms with Gasteiger partial charge < -0.3 is 10.2 Å². The highest BCUT2D eigenvalue weighted by molar-refractivity contribution is 4.86. The summed E-state index contributed by atoms with van der Waals surface area (Å²) in [5.74, 6) is 1.75. The van der Waals surface area contributed by atoms with E-state index in [-0.39, 0.29) is 0 Å². The van der Waals surface area contributed by atoms with Crippen molar-refractivity contribution in [1.82, 2.24) is 10.2 Å². The van der Waals surface area contributed by atoms with Crippen LogP contribution in [0.1, 0.15) is 40.0 Å². The summed E-state index contributed by atoms with van der Waals surface area (Å²) in [6.45, 7) is 8.13. The normalized spacial score (nSPS) is 21.0. The Balaban J connectivity index is 2.32. The molecule has 0 heterocycles. The van der Waals surface area contributed by atoms with Gasteiger partial charge in [0.1, 0.15) is 0 Å². The molecular weight excluding hydrogens is 184 g/mol. The zero-order chi connectivity index (χ0) is 11.4. The van der Waals surface area contributed by atoms with Crippen LogP contribution in [0.25, 0.3) is 0 Å². The van der Waals surface area contributed by atoms with Crippen molar-refractivity contribution in [3.8, 4) is 0 Å². The number of hydrogen-bond donors (Lipinski definition) is 1. The summed E-state index contributed by atoms with van der Waals surface area (Å²) in [5.41, 5.74) is 0. The van der Waals surface area contributed by atoms with Crippen molar-refractivity contribution in [2.75, 3.05) is 20.6 Å². The molecule has 1 rings (SSSR count). The number of likely N-dealkylation sites (N-methyl/N-ethyl adjacent to an activating group) is 1. The highest BCUT2D eigenvalue weighted by Crippen LogP contribution is 2.32. The molecule has 0 radical (unpaired) electrons. The van der Waals surface area contributed by atoms with E-state index in [0.29, 0.717) is 12.1 Å². The summed E-state index contributed by atoms with van der Waals surface area (Å²) < 4.78 is 0. The van der Waals surface area contributed by atoms with Crippen molar-refractivity contribution in [2.24, 2.45) is 11.8 Å². The van der Waals surface area contributed by atoms with Crippen molar-refractivity contribution in [3.05, 3.63) is 0 Å². The minimum absolute atomic E-state index is 0.663. The fourth-order valence-electron chi connectivity index (χ4n) is 2.31. The van der Waals surface area contributed by atoms with Crippen LogP contribution in [0.2, 0.25) is 0 Å². The first-order chi connectivity index (χ1) is 6.99. The Labute approximate surface area is 95.4 Å². The third-order valence-electron chi connectivity index (χ3n) is 3.17. The molecule has 1 N–H and O–H groups in total. The largest absolute Gasteiger partial charge is 0.310 e. The van der Waals surface area contributed by atoms with Crippen molar-refractivity contribution in [1.29, 1.82) is 0 Å². The molecule has 2 unspecified atom stereocenters. The van der Waals surface area contributed by atoms with Gasteiger partial charge >= 0.3 is 0 Å². The maximum atomic E-state index is 3.80. The fourth-order valence-corrected chi connectivity index (χ4v) is 2.31. The molecule has 0 bridgehead atoms.